The maximum atomic E-state index is 9.25. The molecule has 1 aliphatic carbocycles. The molecule has 1 aromatic heterocycles. The van der Waals surface area contributed by atoms with Gasteiger partial charge in [0.15, 0.2) is 0 Å². The van der Waals surface area contributed by atoms with Gasteiger partial charge in [0.2, 0.25) is 0 Å². The predicted molar refractivity (Wildman–Crippen MR) is 67.4 cm³/mol. The van der Waals surface area contributed by atoms with E-state index in [0.717, 1.165) is 18.8 Å². The number of hydrogen-bond acceptors (Lipinski definition) is 2. The number of nitrogens with zero attached hydrogens (tertiary/aromatic N) is 3. The Labute approximate surface area is 103 Å². The van der Waals surface area contributed by atoms with Gasteiger partial charge in [-0.05, 0) is 37.7 Å². The lowest BCUT2D eigenvalue weighted by Crippen LogP contribution is -2.27. The quantitative estimate of drug-likeness (QED) is 0.799. The maximum absolute atomic E-state index is 9.25. The highest BCUT2D eigenvalue weighted by Gasteiger charge is 2.31. The molecule has 3 atom stereocenters. The third-order valence-electron chi connectivity index (χ3n) is 3.86. The van der Waals surface area contributed by atoms with Crippen LogP contribution in [0, 0.1) is 30.1 Å². The molecule has 0 radical (unpaired) electrons. The second kappa shape index (κ2) is 5.35. The summed E-state index contributed by atoms with van der Waals surface area (Å²) in [5.74, 6) is 0.918. The Bertz CT molecular complexity index is 402. The molecule has 3 nitrogen and oxygen atoms in total. The monoisotopic (exact) mass is 231 g/mol. The molecule has 92 valence electrons. The molecule has 0 aliphatic heterocycles. The minimum Gasteiger partial charge on any atom is -0.268 e. The van der Waals surface area contributed by atoms with Crippen LogP contribution >= 0.6 is 0 Å². The molecule has 1 heterocycles. The summed E-state index contributed by atoms with van der Waals surface area (Å²) in [5, 5.41) is 13.7. The van der Waals surface area contributed by atoms with Crippen molar-refractivity contribution >= 4 is 0 Å². The van der Waals surface area contributed by atoms with Crippen LogP contribution in [0.1, 0.15) is 50.6 Å². The normalized spacial score (nSPS) is 28.9. The number of aryl methyl sites for hydroxylation is 1. The van der Waals surface area contributed by atoms with Gasteiger partial charge >= 0.3 is 0 Å². The van der Waals surface area contributed by atoms with Crippen molar-refractivity contribution in [1.82, 2.24) is 9.78 Å². The highest BCUT2D eigenvalue weighted by molar-refractivity contribution is 5.03. The molecule has 1 aromatic rings. The minimum atomic E-state index is 0.141. The van der Waals surface area contributed by atoms with Crippen molar-refractivity contribution in [1.29, 1.82) is 5.26 Å². The van der Waals surface area contributed by atoms with Crippen LogP contribution < -0.4 is 0 Å². The Kier molecular flexibility index (Phi) is 3.83. The number of rotatable bonds is 3. The first-order valence-corrected chi connectivity index (χ1v) is 6.65. The van der Waals surface area contributed by atoms with Crippen molar-refractivity contribution < 1.29 is 0 Å². The van der Waals surface area contributed by atoms with Crippen LogP contribution in [0.2, 0.25) is 0 Å². The van der Waals surface area contributed by atoms with E-state index >= 15 is 0 Å². The molecule has 1 saturated carbocycles. The molecule has 0 spiro atoms. The summed E-state index contributed by atoms with van der Waals surface area (Å²) in [6, 6.07) is 2.75. The molecule has 17 heavy (non-hydrogen) atoms. The molecular weight excluding hydrogens is 210 g/mol. The molecule has 0 aromatic carbocycles. The summed E-state index contributed by atoms with van der Waals surface area (Å²) >= 11 is 0. The summed E-state index contributed by atoms with van der Waals surface area (Å²) in [5.41, 5.74) is 1.18. The van der Waals surface area contributed by atoms with Crippen molar-refractivity contribution in [2.45, 2.75) is 52.0 Å². The van der Waals surface area contributed by atoms with E-state index in [4.69, 9.17) is 0 Å². The van der Waals surface area contributed by atoms with Crippen LogP contribution in [0.5, 0.6) is 0 Å². The second-order valence-corrected chi connectivity index (χ2v) is 5.27. The van der Waals surface area contributed by atoms with E-state index in [2.05, 4.69) is 31.2 Å². The van der Waals surface area contributed by atoms with Crippen LogP contribution in [-0.2, 0) is 0 Å². The van der Waals surface area contributed by atoms with Crippen LogP contribution in [0.3, 0.4) is 0 Å². The molecule has 0 saturated heterocycles. The van der Waals surface area contributed by atoms with E-state index in [1.165, 1.54) is 24.8 Å². The molecular formula is C14H21N3. The molecule has 0 amide bonds. The first-order valence-electron chi connectivity index (χ1n) is 6.65. The molecule has 3 unspecified atom stereocenters. The van der Waals surface area contributed by atoms with E-state index in [0.29, 0.717) is 6.04 Å². The fraction of sp³-hybridized carbons (Fsp3) is 0.714. The largest absolute Gasteiger partial charge is 0.268 e. The Hall–Kier alpha value is -1.30. The van der Waals surface area contributed by atoms with E-state index in [9.17, 15) is 5.26 Å². The smallest absolute Gasteiger partial charge is 0.0688 e. The van der Waals surface area contributed by atoms with Gasteiger partial charge in [0.25, 0.3) is 0 Å². The Morgan fingerprint density at radius 1 is 1.53 bits per heavy atom. The summed E-state index contributed by atoms with van der Waals surface area (Å²) in [7, 11) is 0. The number of nitriles is 1. The molecule has 0 bridgehead atoms. The van der Waals surface area contributed by atoms with Gasteiger partial charge in [-0.1, -0.05) is 19.8 Å². The minimum absolute atomic E-state index is 0.141. The van der Waals surface area contributed by atoms with Crippen LogP contribution in [0.4, 0.5) is 0 Å². The number of aromatic nitrogens is 2. The fourth-order valence-corrected chi connectivity index (χ4v) is 2.96. The lowest BCUT2D eigenvalue weighted by molar-refractivity contribution is 0.199. The molecule has 2 rings (SSSR count). The summed E-state index contributed by atoms with van der Waals surface area (Å²) in [6.45, 7) is 4.29. The zero-order valence-electron chi connectivity index (χ0n) is 10.8. The van der Waals surface area contributed by atoms with Crippen molar-refractivity contribution in [3.8, 4) is 6.07 Å². The van der Waals surface area contributed by atoms with E-state index in [1.807, 2.05) is 10.9 Å². The van der Waals surface area contributed by atoms with Crippen LogP contribution in [0.15, 0.2) is 12.4 Å². The topological polar surface area (TPSA) is 41.6 Å². The van der Waals surface area contributed by atoms with Gasteiger partial charge in [0.1, 0.15) is 0 Å². The SMILES string of the molecule is CCCC1CCC(C#N)C(n2cc(C)cn2)C1. The van der Waals surface area contributed by atoms with Gasteiger partial charge in [0.05, 0.1) is 24.2 Å². The van der Waals surface area contributed by atoms with E-state index < -0.39 is 0 Å². The highest BCUT2D eigenvalue weighted by Crippen LogP contribution is 2.38. The maximum Gasteiger partial charge on any atom is 0.0688 e. The van der Waals surface area contributed by atoms with Crippen LogP contribution in [-0.4, -0.2) is 9.78 Å². The summed E-state index contributed by atoms with van der Waals surface area (Å²) in [6.07, 6.45) is 9.85. The highest BCUT2D eigenvalue weighted by atomic mass is 15.3. The van der Waals surface area contributed by atoms with Gasteiger partial charge in [-0.3, -0.25) is 4.68 Å². The van der Waals surface area contributed by atoms with Crippen molar-refractivity contribution in [3.63, 3.8) is 0 Å². The van der Waals surface area contributed by atoms with Gasteiger partial charge in [0, 0.05) is 6.20 Å². The lowest BCUT2D eigenvalue weighted by Gasteiger charge is -2.32. The molecule has 0 N–H and O–H groups in total. The van der Waals surface area contributed by atoms with Gasteiger partial charge in [-0.15, -0.1) is 0 Å². The summed E-state index contributed by atoms with van der Waals surface area (Å²) in [4.78, 5) is 0. The van der Waals surface area contributed by atoms with Gasteiger partial charge < -0.3 is 0 Å². The third kappa shape index (κ3) is 2.69. The van der Waals surface area contributed by atoms with E-state index in [-0.39, 0.29) is 5.92 Å². The van der Waals surface area contributed by atoms with Crippen molar-refractivity contribution in [2.24, 2.45) is 11.8 Å². The zero-order valence-corrected chi connectivity index (χ0v) is 10.8. The lowest BCUT2D eigenvalue weighted by atomic mass is 9.77. The Morgan fingerprint density at radius 2 is 2.35 bits per heavy atom. The zero-order chi connectivity index (χ0) is 12.3. The standard InChI is InChI=1S/C14H21N3/c1-3-4-12-5-6-13(8-15)14(7-12)17-10-11(2)9-16-17/h9-10,12-14H,3-7H2,1-2H3. The van der Waals surface area contributed by atoms with Crippen molar-refractivity contribution in [2.75, 3.05) is 0 Å². The van der Waals surface area contributed by atoms with Crippen LogP contribution in [0.25, 0.3) is 0 Å². The second-order valence-electron chi connectivity index (χ2n) is 5.27. The predicted octanol–water partition coefficient (Wildman–Crippen LogP) is 3.47. The van der Waals surface area contributed by atoms with E-state index in [1.54, 1.807) is 0 Å². The number of hydrogen-bond donors (Lipinski definition) is 0. The van der Waals surface area contributed by atoms with Crippen molar-refractivity contribution in [3.05, 3.63) is 18.0 Å². The van der Waals surface area contributed by atoms with Gasteiger partial charge in [-0.25, -0.2) is 0 Å². The first-order chi connectivity index (χ1) is 8.24. The molecule has 1 fully saturated rings. The summed E-state index contributed by atoms with van der Waals surface area (Å²) < 4.78 is 2.02. The average molecular weight is 231 g/mol. The Balaban J connectivity index is 2.13. The Morgan fingerprint density at radius 3 is 2.94 bits per heavy atom. The third-order valence-corrected chi connectivity index (χ3v) is 3.86. The molecule has 3 heteroatoms. The first kappa shape index (κ1) is 12.2. The molecule has 1 aliphatic rings. The van der Waals surface area contributed by atoms with Gasteiger partial charge in [-0.2, -0.15) is 10.4 Å². The average Bonchev–Trinajstić information content (AvgIpc) is 2.76. The fourth-order valence-electron chi connectivity index (χ4n) is 2.96.